The summed E-state index contributed by atoms with van der Waals surface area (Å²) in [7, 11) is 1.52. The number of nitrogens with zero attached hydrogens (tertiary/aromatic N) is 2. The highest BCUT2D eigenvalue weighted by molar-refractivity contribution is 5.85. The summed E-state index contributed by atoms with van der Waals surface area (Å²) in [4.78, 5) is 6.48. The highest BCUT2D eigenvalue weighted by atomic mass is 19.1. The summed E-state index contributed by atoms with van der Waals surface area (Å²) in [6.07, 6.45) is 2.02. The number of nitrogens with one attached hydrogen (secondary N) is 1. The molecular weight excluding hydrogens is 486 g/mol. The summed E-state index contributed by atoms with van der Waals surface area (Å²) in [5.41, 5.74) is 1.09. The molecule has 0 unspecified atom stereocenters. The molecule has 5 nitrogen and oxygen atoms in total. The predicted octanol–water partition coefficient (Wildman–Crippen LogP) is 5.97. The van der Waals surface area contributed by atoms with Gasteiger partial charge in [-0.2, -0.15) is 0 Å². The maximum absolute atomic E-state index is 15.7. The average Bonchev–Trinajstić information content (AvgIpc) is 2.91. The Kier molecular flexibility index (Phi) is 8.87. The maximum atomic E-state index is 15.7. The van der Waals surface area contributed by atoms with Gasteiger partial charge >= 0.3 is 0 Å². The quantitative estimate of drug-likeness (QED) is 0.306. The van der Waals surface area contributed by atoms with E-state index in [0.717, 1.165) is 19.2 Å². The van der Waals surface area contributed by atoms with E-state index >= 15 is 4.39 Å². The topological polar surface area (TPSA) is 57.6 Å². The van der Waals surface area contributed by atoms with E-state index in [0.29, 0.717) is 60.3 Å². The Balaban J connectivity index is 1.35. The molecule has 0 saturated carbocycles. The van der Waals surface area contributed by atoms with Crippen LogP contribution in [-0.2, 0) is 6.67 Å². The molecule has 0 radical (unpaired) electrons. The number of aliphatic hydroxyl groups is 1. The van der Waals surface area contributed by atoms with Gasteiger partial charge in [-0.05, 0) is 74.5 Å². The van der Waals surface area contributed by atoms with Crippen LogP contribution < -0.4 is 10.1 Å². The molecule has 1 aliphatic heterocycles. The van der Waals surface area contributed by atoms with Crippen molar-refractivity contribution in [2.45, 2.75) is 38.5 Å². The highest BCUT2D eigenvalue weighted by Crippen LogP contribution is 2.41. The number of methoxy groups -OCH3 is 1. The van der Waals surface area contributed by atoms with Gasteiger partial charge in [0.1, 0.15) is 30.2 Å². The molecule has 2 aromatic carbocycles. The van der Waals surface area contributed by atoms with Crippen molar-refractivity contribution in [1.29, 1.82) is 0 Å². The molecule has 1 atom stereocenters. The average molecular weight is 520 g/mol. The summed E-state index contributed by atoms with van der Waals surface area (Å²) < 4.78 is 61.4. The van der Waals surface area contributed by atoms with E-state index in [1.54, 1.807) is 18.2 Å². The van der Waals surface area contributed by atoms with E-state index in [1.807, 2.05) is 0 Å². The molecule has 4 rings (SSSR count). The second-order valence-electron chi connectivity index (χ2n) is 9.80. The minimum absolute atomic E-state index is 0.0464. The number of ether oxygens (including phenoxy) is 1. The smallest absolute Gasteiger partial charge is 0.128 e. The van der Waals surface area contributed by atoms with Gasteiger partial charge in [0.25, 0.3) is 0 Å². The first-order valence-electron chi connectivity index (χ1n) is 12.5. The van der Waals surface area contributed by atoms with Crippen LogP contribution in [0.15, 0.2) is 42.6 Å². The normalized spacial score (nSPS) is 16.6. The van der Waals surface area contributed by atoms with E-state index < -0.39 is 29.9 Å². The molecule has 0 spiro atoms. The number of aliphatic hydroxyl groups excluding tert-OH is 1. The molecule has 1 fully saturated rings. The molecule has 0 amide bonds. The van der Waals surface area contributed by atoms with Crippen LogP contribution in [0.5, 0.6) is 5.75 Å². The highest BCUT2D eigenvalue weighted by Gasteiger charge is 2.35. The van der Waals surface area contributed by atoms with E-state index in [2.05, 4.69) is 15.2 Å². The van der Waals surface area contributed by atoms with Crippen molar-refractivity contribution >= 4 is 16.6 Å². The Morgan fingerprint density at radius 1 is 1.14 bits per heavy atom. The van der Waals surface area contributed by atoms with Crippen molar-refractivity contribution in [3.8, 4) is 5.75 Å². The minimum Gasteiger partial charge on any atom is -0.497 e. The van der Waals surface area contributed by atoms with Crippen molar-refractivity contribution in [3.05, 3.63) is 65.4 Å². The third-order valence-electron chi connectivity index (χ3n) is 7.46. The fraction of sp³-hybridized carbons (Fsp3) is 0.464. The SMILES string of the molecule is COc1ccc2ncc(CF)c([C@@H](F)CCC3(CO)CCN(CCNc4cc(F)cc(F)c4)CC3)c2c1. The second-order valence-corrected chi connectivity index (χ2v) is 9.80. The summed E-state index contributed by atoms with van der Waals surface area (Å²) in [6, 6.07) is 8.49. The van der Waals surface area contributed by atoms with Crippen LogP contribution in [0.2, 0.25) is 0 Å². The standard InChI is InChI=1S/C28H33F4N3O2/c1-37-23-2-3-26-24(15-23)27(19(16-29)17-34-26)25(32)4-5-28(18-36)6-9-35(10-7-28)11-8-33-22-13-20(30)12-21(31)14-22/h2-3,12-15,17,25,33,36H,4-11,16,18H2,1H3/t25-/m0/s1. The Hall–Kier alpha value is -2.91. The van der Waals surface area contributed by atoms with Crippen molar-refractivity contribution in [2.75, 3.05) is 45.2 Å². The van der Waals surface area contributed by atoms with Gasteiger partial charge in [-0.25, -0.2) is 17.6 Å². The van der Waals surface area contributed by atoms with Gasteiger partial charge in [0, 0.05) is 54.2 Å². The minimum atomic E-state index is -1.40. The summed E-state index contributed by atoms with van der Waals surface area (Å²) in [6.45, 7) is 1.79. The Morgan fingerprint density at radius 2 is 1.86 bits per heavy atom. The van der Waals surface area contributed by atoms with Crippen LogP contribution in [-0.4, -0.2) is 54.9 Å². The number of alkyl halides is 2. The van der Waals surface area contributed by atoms with Gasteiger partial charge in [-0.1, -0.05) is 0 Å². The van der Waals surface area contributed by atoms with E-state index in [1.165, 1.54) is 25.4 Å². The molecule has 2 N–H and O–H groups in total. The first-order chi connectivity index (χ1) is 17.9. The number of hydrogen-bond acceptors (Lipinski definition) is 5. The van der Waals surface area contributed by atoms with Gasteiger partial charge in [0.05, 0.1) is 12.6 Å². The van der Waals surface area contributed by atoms with Crippen LogP contribution in [0, 0.1) is 17.0 Å². The number of halogens is 4. The summed E-state index contributed by atoms with van der Waals surface area (Å²) in [5, 5.41) is 13.8. The van der Waals surface area contributed by atoms with Crippen molar-refractivity contribution in [1.82, 2.24) is 9.88 Å². The van der Waals surface area contributed by atoms with E-state index in [9.17, 15) is 18.3 Å². The van der Waals surface area contributed by atoms with Gasteiger partial charge in [0.2, 0.25) is 0 Å². The lowest BCUT2D eigenvalue weighted by atomic mass is 9.74. The lowest BCUT2D eigenvalue weighted by Gasteiger charge is -2.41. The Labute approximate surface area is 214 Å². The molecule has 9 heteroatoms. The third kappa shape index (κ3) is 6.51. The third-order valence-corrected chi connectivity index (χ3v) is 7.46. The van der Waals surface area contributed by atoms with Gasteiger partial charge in [0.15, 0.2) is 0 Å². The van der Waals surface area contributed by atoms with Crippen molar-refractivity contribution in [3.63, 3.8) is 0 Å². The Morgan fingerprint density at radius 3 is 2.51 bits per heavy atom. The lowest BCUT2D eigenvalue weighted by Crippen LogP contribution is -2.43. The van der Waals surface area contributed by atoms with Crippen LogP contribution >= 0.6 is 0 Å². The summed E-state index contributed by atoms with van der Waals surface area (Å²) in [5.74, 6) is -0.705. The molecule has 0 bridgehead atoms. The zero-order chi connectivity index (χ0) is 26.4. The number of hydrogen-bond donors (Lipinski definition) is 2. The van der Waals surface area contributed by atoms with Crippen molar-refractivity contribution in [2.24, 2.45) is 5.41 Å². The number of fused-ring (bicyclic) bond motifs is 1. The number of pyridine rings is 1. The van der Waals surface area contributed by atoms with Crippen LogP contribution in [0.25, 0.3) is 10.9 Å². The van der Waals surface area contributed by atoms with E-state index in [4.69, 9.17) is 4.74 Å². The van der Waals surface area contributed by atoms with Gasteiger partial charge < -0.3 is 20.1 Å². The number of benzene rings is 2. The molecule has 1 saturated heterocycles. The number of likely N-dealkylation sites (tertiary alicyclic amines) is 1. The second kappa shape index (κ2) is 12.1. The lowest BCUT2D eigenvalue weighted by molar-refractivity contribution is 0.0315. The van der Waals surface area contributed by atoms with Crippen molar-refractivity contribution < 1.29 is 27.4 Å². The Bertz CT molecular complexity index is 1180. The molecule has 1 aromatic heterocycles. The molecular formula is C28H33F4N3O2. The number of rotatable bonds is 11. The molecule has 1 aliphatic rings. The fourth-order valence-corrected chi connectivity index (χ4v) is 5.17. The van der Waals surface area contributed by atoms with Crippen LogP contribution in [0.1, 0.15) is 43.0 Å². The molecule has 200 valence electrons. The number of aromatic nitrogens is 1. The molecule has 37 heavy (non-hydrogen) atoms. The maximum Gasteiger partial charge on any atom is 0.128 e. The molecule has 3 aromatic rings. The zero-order valence-corrected chi connectivity index (χ0v) is 21.0. The zero-order valence-electron chi connectivity index (χ0n) is 21.0. The van der Waals surface area contributed by atoms with Gasteiger partial charge in [-0.15, -0.1) is 0 Å². The predicted molar refractivity (Wildman–Crippen MR) is 136 cm³/mol. The first-order valence-corrected chi connectivity index (χ1v) is 12.5. The van der Waals surface area contributed by atoms with Crippen LogP contribution in [0.4, 0.5) is 23.2 Å². The molecule has 2 heterocycles. The monoisotopic (exact) mass is 519 g/mol. The summed E-state index contributed by atoms with van der Waals surface area (Å²) >= 11 is 0. The van der Waals surface area contributed by atoms with Crippen LogP contribution in [0.3, 0.4) is 0 Å². The molecule has 0 aliphatic carbocycles. The number of piperidine rings is 1. The largest absolute Gasteiger partial charge is 0.497 e. The first kappa shape index (κ1) is 27.1. The number of anilines is 1. The van der Waals surface area contributed by atoms with E-state index in [-0.39, 0.29) is 18.6 Å². The van der Waals surface area contributed by atoms with Gasteiger partial charge in [-0.3, -0.25) is 4.98 Å². The fourth-order valence-electron chi connectivity index (χ4n) is 5.17.